The Morgan fingerprint density at radius 3 is 2.71 bits per heavy atom. The Morgan fingerprint density at radius 2 is 2.12 bits per heavy atom. The third-order valence-corrected chi connectivity index (χ3v) is 3.80. The Kier molecular flexibility index (Phi) is 5.67. The second kappa shape index (κ2) is 6.55. The topological polar surface area (TPSA) is 29.3 Å². The maximum absolute atomic E-state index is 6.13. The van der Waals surface area contributed by atoms with Gasteiger partial charge in [-0.25, -0.2) is 0 Å². The van der Waals surface area contributed by atoms with E-state index in [1.54, 1.807) is 6.07 Å². The van der Waals surface area contributed by atoms with Gasteiger partial charge in [0.15, 0.2) is 0 Å². The monoisotopic (exact) mass is 290 g/mol. The summed E-state index contributed by atoms with van der Waals surface area (Å²) in [4.78, 5) is 2.66. The lowest BCUT2D eigenvalue weighted by atomic mass is 10.1. The lowest BCUT2D eigenvalue weighted by molar-refractivity contribution is 0.308. The molecule has 0 saturated carbocycles. The minimum atomic E-state index is 0.188. The molecule has 0 aliphatic carbocycles. The number of nitrogens with two attached hydrogens (primary N) is 1. The highest BCUT2D eigenvalue weighted by molar-refractivity contribution is 7.80. The van der Waals surface area contributed by atoms with Gasteiger partial charge in [0.05, 0.1) is 15.0 Å². The van der Waals surface area contributed by atoms with E-state index in [1.807, 2.05) is 26.1 Å². The third kappa shape index (κ3) is 4.43. The molecular weight excluding hydrogens is 275 g/mol. The van der Waals surface area contributed by atoms with Crippen molar-refractivity contribution >= 4 is 40.4 Å². The molecule has 0 bridgehead atoms. The van der Waals surface area contributed by atoms with Crippen molar-refractivity contribution in [1.29, 1.82) is 0 Å². The Labute approximate surface area is 118 Å². The van der Waals surface area contributed by atoms with E-state index in [4.69, 9.17) is 41.2 Å². The first-order valence-electron chi connectivity index (χ1n) is 5.32. The minimum Gasteiger partial charge on any atom is -0.393 e. The van der Waals surface area contributed by atoms with Gasteiger partial charge < -0.3 is 10.6 Å². The van der Waals surface area contributed by atoms with Crippen molar-refractivity contribution < 1.29 is 0 Å². The van der Waals surface area contributed by atoms with Crippen LogP contribution >= 0.6 is 35.4 Å². The van der Waals surface area contributed by atoms with Crippen molar-refractivity contribution in [3.05, 3.63) is 33.8 Å². The summed E-state index contributed by atoms with van der Waals surface area (Å²) in [6.07, 6.45) is 0. The summed E-state index contributed by atoms with van der Waals surface area (Å²) < 4.78 is 0. The highest BCUT2D eigenvalue weighted by atomic mass is 35.5. The summed E-state index contributed by atoms with van der Waals surface area (Å²) in [5.74, 6) is 0.188. The first kappa shape index (κ1) is 14.7. The molecule has 1 atom stereocenters. The van der Waals surface area contributed by atoms with E-state index >= 15 is 0 Å². The summed E-state index contributed by atoms with van der Waals surface area (Å²) in [5, 5.41) is 1.20. The number of hydrogen-bond acceptors (Lipinski definition) is 2. The van der Waals surface area contributed by atoms with E-state index in [9.17, 15) is 0 Å². The average molecular weight is 291 g/mol. The van der Waals surface area contributed by atoms with Crippen LogP contribution in [0, 0.1) is 5.92 Å². The second-order valence-electron chi connectivity index (χ2n) is 4.21. The molecule has 0 radical (unpaired) electrons. The minimum absolute atomic E-state index is 0.188. The van der Waals surface area contributed by atoms with Crippen LogP contribution in [0.5, 0.6) is 0 Å². The number of rotatable bonds is 5. The molecule has 0 heterocycles. The molecule has 2 nitrogen and oxygen atoms in total. The van der Waals surface area contributed by atoms with E-state index in [0.29, 0.717) is 15.0 Å². The van der Waals surface area contributed by atoms with Crippen LogP contribution < -0.4 is 5.73 Å². The molecule has 0 aliphatic heterocycles. The van der Waals surface area contributed by atoms with Crippen LogP contribution in [0.2, 0.25) is 10.0 Å². The van der Waals surface area contributed by atoms with Gasteiger partial charge in [0.1, 0.15) is 0 Å². The van der Waals surface area contributed by atoms with Gasteiger partial charge in [-0.3, -0.25) is 0 Å². The average Bonchev–Trinajstić information content (AvgIpc) is 2.24. The van der Waals surface area contributed by atoms with Crippen molar-refractivity contribution in [2.75, 3.05) is 13.6 Å². The SMILES string of the molecule is CC(CN(C)Cc1cccc(Cl)c1Cl)C(N)=S. The number of thiocarbonyl (C=S) groups is 1. The van der Waals surface area contributed by atoms with Crippen LogP contribution in [0.25, 0.3) is 0 Å². The summed E-state index contributed by atoms with van der Waals surface area (Å²) in [6.45, 7) is 3.54. The fourth-order valence-corrected chi connectivity index (χ4v) is 2.04. The van der Waals surface area contributed by atoms with Gasteiger partial charge in [-0.05, 0) is 18.7 Å². The summed E-state index contributed by atoms with van der Waals surface area (Å²) in [7, 11) is 2.01. The molecular formula is C12H16Cl2N2S. The number of halogens is 2. The van der Waals surface area contributed by atoms with Crippen LogP contribution in [0.1, 0.15) is 12.5 Å². The predicted molar refractivity (Wildman–Crippen MR) is 78.7 cm³/mol. The van der Waals surface area contributed by atoms with E-state index < -0.39 is 0 Å². The first-order chi connectivity index (χ1) is 7.91. The van der Waals surface area contributed by atoms with Gasteiger partial charge in [-0.2, -0.15) is 0 Å². The molecule has 0 aliphatic rings. The normalized spacial score (nSPS) is 12.8. The summed E-state index contributed by atoms with van der Waals surface area (Å²) in [6, 6.07) is 5.65. The molecule has 1 rings (SSSR count). The molecule has 2 N–H and O–H groups in total. The second-order valence-corrected chi connectivity index (χ2v) is 5.47. The van der Waals surface area contributed by atoms with E-state index in [2.05, 4.69) is 4.90 Å². The Hall–Kier alpha value is -0.350. The molecule has 1 aromatic carbocycles. The zero-order valence-corrected chi connectivity index (χ0v) is 12.2. The Bertz CT molecular complexity index is 409. The molecule has 5 heteroatoms. The lowest BCUT2D eigenvalue weighted by Crippen LogP contribution is -2.31. The highest BCUT2D eigenvalue weighted by Crippen LogP contribution is 2.26. The Morgan fingerprint density at radius 1 is 1.47 bits per heavy atom. The van der Waals surface area contributed by atoms with Gasteiger partial charge in [0, 0.05) is 19.0 Å². The van der Waals surface area contributed by atoms with Crippen molar-refractivity contribution in [2.45, 2.75) is 13.5 Å². The smallest absolute Gasteiger partial charge is 0.0768 e. The molecule has 1 unspecified atom stereocenters. The predicted octanol–water partition coefficient (Wildman–Crippen LogP) is 3.35. The maximum Gasteiger partial charge on any atom is 0.0768 e. The fourth-order valence-electron chi connectivity index (χ4n) is 1.58. The summed E-state index contributed by atoms with van der Waals surface area (Å²) in [5.41, 5.74) is 6.60. The molecule has 0 spiro atoms. The fraction of sp³-hybridized carbons (Fsp3) is 0.417. The highest BCUT2D eigenvalue weighted by Gasteiger charge is 2.11. The van der Waals surface area contributed by atoms with E-state index in [0.717, 1.165) is 18.7 Å². The van der Waals surface area contributed by atoms with Gasteiger partial charge in [-0.1, -0.05) is 54.5 Å². The molecule has 94 valence electrons. The van der Waals surface area contributed by atoms with Crippen molar-refractivity contribution in [1.82, 2.24) is 4.90 Å². The zero-order valence-electron chi connectivity index (χ0n) is 9.91. The zero-order chi connectivity index (χ0) is 13.0. The molecule has 0 amide bonds. The quantitative estimate of drug-likeness (QED) is 0.844. The van der Waals surface area contributed by atoms with Crippen LogP contribution in [0.3, 0.4) is 0 Å². The standard InChI is InChI=1S/C12H16Cl2N2S/c1-8(12(15)17)6-16(2)7-9-4-3-5-10(13)11(9)14/h3-5,8H,6-7H2,1-2H3,(H2,15,17). The molecule has 17 heavy (non-hydrogen) atoms. The van der Waals surface area contributed by atoms with Crippen molar-refractivity contribution in [3.63, 3.8) is 0 Å². The van der Waals surface area contributed by atoms with E-state index in [-0.39, 0.29) is 5.92 Å². The van der Waals surface area contributed by atoms with Gasteiger partial charge in [-0.15, -0.1) is 0 Å². The Balaban J connectivity index is 2.65. The van der Waals surface area contributed by atoms with Crippen molar-refractivity contribution in [3.8, 4) is 0 Å². The first-order valence-corrected chi connectivity index (χ1v) is 6.49. The van der Waals surface area contributed by atoms with Gasteiger partial charge in [0.2, 0.25) is 0 Å². The maximum atomic E-state index is 6.13. The summed E-state index contributed by atoms with van der Waals surface area (Å²) >= 11 is 17.0. The van der Waals surface area contributed by atoms with Crippen molar-refractivity contribution in [2.24, 2.45) is 11.7 Å². The molecule has 0 saturated heterocycles. The van der Waals surface area contributed by atoms with Gasteiger partial charge >= 0.3 is 0 Å². The van der Waals surface area contributed by atoms with Gasteiger partial charge in [0.25, 0.3) is 0 Å². The number of hydrogen-bond donors (Lipinski definition) is 1. The largest absolute Gasteiger partial charge is 0.393 e. The molecule has 0 fully saturated rings. The van der Waals surface area contributed by atoms with Crippen LogP contribution in [-0.4, -0.2) is 23.5 Å². The molecule has 1 aromatic rings. The molecule has 0 aromatic heterocycles. The van der Waals surface area contributed by atoms with Crippen LogP contribution in [-0.2, 0) is 6.54 Å². The lowest BCUT2D eigenvalue weighted by Gasteiger charge is -2.21. The van der Waals surface area contributed by atoms with Crippen LogP contribution in [0.15, 0.2) is 18.2 Å². The van der Waals surface area contributed by atoms with Crippen LogP contribution in [0.4, 0.5) is 0 Å². The number of nitrogens with zero attached hydrogens (tertiary/aromatic N) is 1. The third-order valence-electron chi connectivity index (χ3n) is 2.54. The number of benzene rings is 1. The van der Waals surface area contributed by atoms with E-state index in [1.165, 1.54) is 0 Å².